The van der Waals surface area contributed by atoms with Gasteiger partial charge in [-0.05, 0) is 43.0 Å². The van der Waals surface area contributed by atoms with E-state index in [-0.39, 0.29) is 0 Å². The monoisotopic (exact) mass is 324 g/mol. The maximum Gasteiger partial charge on any atom is 0.0247 e. The van der Waals surface area contributed by atoms with Crippen molar-refractivity contribution in [1.82, 2.24) is 4.90 Å². The Morgan fingerprint density at radius 2 is 2.21 bits per heavy atom. The average Bonchev–Trinajstić information content (AvgIpc) is 2.43. The second-order valence-electron chi connectivity index (χ2n) is 5.54. The van der Waals surface area contributed by atoms with Gasteiger partial charge in [-0.25, -0.2) is 0 Å². The number of hydrogen-bond donors (Lipinski definition) is 1. The molecule has 0 amide bonds. The van der Waals surface area contributed by atoms with E-state index in [2.05, 4.69) is 46.0 Å². The molecule has 1 heterocycles. The van der Waals surface area contributed by atoms with E-state index in [4.69, 9.17) is 5.73 Å². The topological polar surface area (TPSA) is 29.3 Å². The Morgan fingerprint density at radius 3 is 2.89 bits per heavy atom. The Kier molecular flexibility index (Phi) is 5.86. The lowest BCUT2D eigenvalue weighted by Crippen LogP contribution is -2.38. The highest BCUT2D eigenvalue weighted by molar-refractivity contribution is 9.10. The summed E-state index contributed by atoms with van der Waals surface area (Å²) in [7, 11) is 0. The van der Waals surface area contributed by atoms with Crippen LogP contribution in [0.25, 0.3) is 0 Å². The molecule has 1 fully saturated rings. The van der Waals surface area contributed by atoms with Gasteiger partial charge >= 0.3 is 0 Å². The summed E-state index contributed by atoms with van der Waals surface area (Å²) in [5.41, 5.74) is 8.27. The number of hydrogen-bond acceptors (Lipinski definition) is 2. The van der Waals surface area contributed by atoms with Crippen molar-refractivity contribution in [3.63, 3.8) is 0 Å². The van der Waals surface area contributed by atoms with Gasteiger partial charge in [-0.3, -0.25) is 4.90 Å². The molecule has 1 saturated heterocycles. The molecule has 2 N–H and O–H groups in total. The van der Waals surface area contributed by atoms with Gasteiger partial charge in [-0.2, -0.15) is 0 Å². The van der Waals surface area contributed by atoms with Gasteiger partial charge in [-0.1, -0.05) is 47.8 Å². The highest BCUT2D eigenvalue weighted by atomic mass is 79.9. The van der Waals surface area contributed by atoms with Crippen molar-refractivity contribution in [3.8, 4) is 0 Å². The normalized spacial score (nSPS) is 20.7. The van der Waals surface area contributed by atoms with E-state index in [1.165, 1.54) is 54.2 Å². The Balaban J connectivity index is 2.06. The van der Waals surface area contributed by atoms with Crippen molar-refractivity contribution in [2.45, 2.75) is 58.2 Å². The first kappa shape index (κ1) is 15.0. The van der Waals surface area contributed by atoms with Crippen LogP contribution in [0.1, 0.15) is 50.2 Å². The smallest absolute Gasteiger partial charge is 0.0247 e. The minimum absolute atomic E-state index is 0.612. The highest BCUT2D eigenvalue weighted by Gasteiger charge is 2.22. The predicted octanol–water partition coefficient (Wildman–Crippen LogP) is 4.06. The molecule has 3 heteroatoms. The molecule has 0 saturated carbocycles. The predicted molar refractivity (Wildman–Crippen MR) is 85.0 cm³/mol. The van der Waals surface area contributed by atoms with Crippen LogP contribution in [0, 0.1) is 0 Å². The van der Waals surface area contributed by atoms with E-state index < -0.39 is 0 Å². The van der Waals surface area contributed by atoms with Gasteiger partial charge in [0, 0.05) is 23.6 Å². The third kappa shape index (κ3) is 4.04. The molecule has 0 aromatic heterocycles. The van der Waals surface area contributed by atoms with Crippen LogP contribution < -0.4 is 5.73 Å². The van der Waals surface area contributed by atoms with Gasteiger partial charge in [0.25, 0.3) is 0 Å². The third-order valence-corrected chi connectivity index (χ3v) is 4.84. The lowest BCUT2D eigenvalue weighted by molar-refractivity contribution is 0.131. The molecule has 19 heavy (non-hydrogen) atoms. The van der Waals surface area contributed by atoms with E-state index in [1.807, 2.05) is 0 Å². The number of likely N-dealkylation sites (tertiary alicyclic amines) is 1. The standard InChI is InChI=1S/C16H25BrN2/c1-2-5-15-6-3-4-9-19(15)12-14-8-7-13(11-18)10-16(14)17/h7-8,10,15H,2-6,9,11-12,18H2,1H3. The fraction of sp³-hybridized carbons (Fsp3) is 0.625. The minimum atomic E-state index is 0.612. The van der Waals surface area contributed by atoms with Crippen molar-refractivity contribution in [3.05, 3.63) is 33.8 Å². The van der Waals surface area contributed by atoms with Crippen LogP contribution in [0.2, 0.25) is 0 Å². The quantitative estimate of drug-likeness (QED) is 0.884. The van der Waals surface area contributed by atoms with E-state index in [9.17, 15) is 0 Å². The molecule has 2 nitrogen and oxygen atoms in total. The summed E-state index contributed by atoms with van der Waals surface area (Å²) in [6.45, 7) is 5.21. The highest BCUT2D eigenvalue weighted by Crippen LogP contribution is 2.26. The zero-order valence-electron chi connectivity index (χ0n) is 11.9. The summed E-state index contributed by atoms with van der Waals surface area (Å²) < 4.78 is 1.20. The molecular weight excluding hydrogens is 300 g/mol. The lowest BCUT2D eigenvalue weighted by atomic mass is 9.97. The van der Waals surface area contributed by atoms with Crippen LogP contribution >= 0.6 is 15.9 Å². The number of benzene rings is 1. The summed E-state index contributed by atoms with van der Waals surface area (Å²) in [6.07, 6.45) is 6.73. The number of rotatable bonds is 5. The Bertz CT molecular complexity index is 404. The average molecular weight is 325 g/mol. The first-order valence-corrected chi connectivity index (χ1v) is 8.25. The fourth-order valence-electron chi connectivity index (χ4n) is 2.99. The molecule has 1 atom stereocenters. The van der Waals surface area contributed by atoms with Crippen molar-refractivity contribution < 1.29 is 0 Å². The SMILES string of the molecule is CCCC1CCCCN1Cc1ccc(CN)cc1Br. The van der Waals surface area contributed by atoms with Crippen LogP contribution in [-0.2, 0) is 13.1 Å². The maximum atomic E-state index is 5.68. The Hall–Kier alpha value is -0.380. The van der Waals surface area contributed by atoms with Crippen molar-refractivity contribution in [1.29, 1.82) is 0 Å². The van der Waals surface area contributed by atoms with Crippen LogP contribution in [0.5, 0.6) is 0 Å². The van der Waals surface area contributed by atoms with Crippen LogP contribution in [-0.4, -0.2) is 17.5 Å². The van der Waals surface area contributed by atoms with E-state index in [0.29, 0.717) is 6.54 Å². The molecule has 1 aromatic carbocycles. The zero-order chi connectivity index (χ0) is 13.7. The van der Waals surface area contributed by atoms with Crippen molar-refractivity contribution in [2.75, 3.05) is 6.54 Å². The molecule has 2 rings (SSSR count). The van der Waals surface area contributed by atoms with Gasteiger partial charge in [0.2, 0.25) is 0 Å². The van der Waals surface area contributed by atoms with E-state index >= 15 is 0 Å². The first-order valence-electron chi connectivity index (χ1n) is 7.46. The van der Waals surface area contributed by atoms with Gasteiger partial charge in [-0.15, -0.1) is 0 Å². The van der Waals surface area contributed by atoms with E-state index in [1.54, 1.807) is 0 Å². The lowest BCUT2D eigenvalue weighted by Gasteiger charge is -2.36. The number of piperidine rings is 1. The zero-order valence-corrected chi connectivity index (χ0v) is 13.5. The first-order chi connectivity index (χ1) is 9.24. The second-order valence-corrected chi connectivity index (χ2v) is 6.39. The third-order valence-electron chi connectivity index (χ3n) is 4.10. The van der Waals surface area contributed by atoms with Crippen molar-refractivity contribution in [2.24, 2.45) is 5.73 Å². The molecule has 0 bridgehead atoms. The summed E-state index contributed by atoms with van der Waals surface area (Å²) >= 11 is 3.69. The van der Waals surface area contributed by atoms with Gasteiger partial charge in [0.15, 0.2) is 0 Å². The molecule has 1 aliphatic heterocycles. The van der Waals surface area contributed by atoms with Crippen LogP contribution in [0.15, 0.2) is 22.7 Å². The second kappa shape index (κ2) is 7.41. The number of halogens is 1. The fourth-order valence-corrected chi connectivity index (χ4v) is 3.54. The maximum absolute atomic E-state index is 5.68. The van der Waals surface area contributed by atoms with Gasteiger partial charge in [0.1, 0.15) is 0 Å². The summed E-state index contributed by atoms with van der Waals surface area (Å²) in [5, 5.41) is 0. The Morgan fingerprint density at radius 1 is 1.37 bits per heavy atom. The molecule has 0 aliphatic carbocycles. The molecule has 1 aliphatic rings. The van der Waals surface area contributed by atoms with E-state index in [0.717, 1.165) is 12.6 Å². The van der Waals surface area contributed by atoms with Crippen molar-refractivity contribution >= 4 is 15.9 Å². The molecule has 106 valence electrons. The summed E-state index contributed by atoms with van der Waals surface area (Å²) in [5.74, 6) is 0. The molecule has 1 unspecified atom stereocenters. The molecular formula is C16H25BrN2. The summed E-state index contributed by atoms with van der Waals surface area (Å²) in [4.78, 5) is 2.66. The van der Waals surface area contributed by atoms with Crippen LogP contribution in [0.4, 0.5) is 0 Å². The molecule has 0 radical (unpaired) electrons. The largest absolute Gasteiger partial charge is 0.326 e. The molecule has 1 aromatic rings. The number of nitrogens with zero attached hydrogens (tertiary/aromatic N) is 1. The summed E-state index contributed by atoms with van der Waals surface area (Å²) in [6, 6.07) is 7.32. The van der Waals surface area contributed by atoms with Gasteiger partial charge in [0.05, 0.1) is 0 Å². The Labute approximate surface area is 125 Å². The number of nitrogens with two attached hydrogens (primary N) is 1. The molecule has 0 spiro atoms. The van der Waals surface area contributed by atoms with Gasteiger partial charge < -0.3 is 5.73 Å². The van der Waals surface area contributed by atoms with Crippen LogP contribution in [0.3, 0.4) is 0 Å². The minimum Gasteiger partial charge on any atom is -0.326 e.